The van der Waals surface area contributed by atoms with Gasteiger partial charge in [0, 0.05) is 25.5 Å². The molecule has 1 fully saturated rings. The largest absolute Gasteiger partial charge is 0.478 e. The van der Waals surface area contributed by atoms with E-state index >= 15 is 0 Å². The van der Waals surface area contributed by atoms with Crippen molar-refractivity contribution in [3.63, 3.8) is 0 Å². The quantitative estimate of drug-likeness (QED) is 0.816. The summed E-state index contributed by atoms with van der Waals surface area (Å²) in [4.78, 5) is 21.1. The number of anilines is 1. The first-order chi connectivity index (χ1) is 10.7. The van der Waals surface area contributed by atoms with Gasteiger partial charge >= 0.3 is 5.97 Å². The Hall–Kier alpha value is -2.55. The van der Waals surface area contributed by atoms with Gasteiger partial charge in [-0.2, -0.15) is 0 Å². The van der Waals surface area contributed by atoms with E-state index in [4.69, 9.17) is 10.2 Å². The molecule has 0 spiro atoms. The Bertz CT molecular complexity index is 656. The molecule has 1 saturated heterocycles. The van der Waals surface area contributed by atoms with Crippen molar-refractivity contribution in [2.75, 3.05) is 18.0 Å². The second-order valence-corrected chi connectivity index (χ2v) is 5.17. The van der Waals surface area contributed by atoms with Crippen LogP contribution < -0.4 is 4.90 Å². The van der Waals surface area contributed by atoms with Gasteiger partial charge in [0.2, 0.25) is 5.95 Å². The molecule has 3 rings (SSSR count). The summed E-state index contributed by atoms with van der Waals surface area (Å²) in [7, 11) is 0. The first kappa shape index (κ1) is 14.4. The lowest BCUT2D eigenvalue weighted by atomic mass is 10.1. The van der Waals surface area contributed by atoms with Crippen LogP contribution in [0.4, 0.5) is 5.95 Å². The molecule has 1 unspecified atom stereocenters. The second kappa shape index (κ2) is 6.06. The highest BCUT2D eigenvalue weighted by Crippen LogP contribution is 2.23. The van der Waals surface area contributed by atoms with Crippen LogP contribution in [0.1, 0.15) is 34.9 Å². The third kappa shape index (κ3) is 2.89. The van der Waals surface area contributed by atoms with Gasteiger partial charge in [0.05, 0.1) is 24.4 Å². The number of carboxylic acid groups (broad SMARTS) is 1. The summed E-state index contributed by atoms with van der Waals surface area (Å²) in [6, 6.07) is 0.129. The molecule has 0 amide bonds. The average Bonchev–Trinajstić information content (AvgIpc) is 3.04. The van der Waals surface area contributed by atoms with E-state index in [-0.39, 0.29) is 18.2 Å². The monoisotopic (exact) mass is 304 g/mol. The highest BCUT2D eigenvalue weighted by atomic mass is 16.4. The summed E-state index contributed by atoms with van der Waals surface area (Å²) in [6.45, 7) is 1.35. The number of aliphatic hydroxyl groups excluding tert-OH is 1. The molecule has 0 aromatic carbocycles. The Labute approximate surface area is 126 Å². The summed E-state index contributed by atoms with van der Waals surface area (Å²) < 4.78 is 1.75. The third-order valence-electron chi connectivity index (χ3n) is 3.66. The van der Waals surface area contributed by atoms with Crippen LogP contribution in [0.3, 0.4) is 0 Å². The first-order valence-corrected chi connectivity index (χ1v) is 6.99. The van der Waals surface area contributed by atoms with Crippen molar-refractivity contribution in [1.29, 1.82) is 0 Å². The lowest BCUT2D eigenvalue weighted by Gasteiger charge is -2.32. The second-order valence-electron chi connectivity index (χ2n) is 5.17. The van der Waals surface area contributed by atoms with E-state index in [0.717, 1.165) is 19.4 Å². The van der Waals surface area contributed by atoms with Crippen LogP contribution in [-0.2, 0) is 6.61 Å². The van der Waals surface area contributed by atoms with E-state index in [1.54, 1.807) is 10.9 Å². The third-order valence-corrected chi connectivity index (χ3v) is 3.66. The molecule has 9 nitrogen and oxygen atoms in total. The molecule has 0 saturated carbocycles. The van der Waals surface area contributed by atoms with Gasteiger partial charge in [-0.1, -0.05) is 5.21 Å². The number of hydrogen-bond donors (Lipinski definition) is 2. The van der Waals surface area contributed by atoms with Crippen molar-refractivity contribution in [1.82, 2.24) is 25.0 Å². The molecule has 0 bridgehead atoms. The number of rotatable bonds is 4. The van der Waals surface area contributed by atoms with Gasteiger partial charge in [0.25, 0.3) is 0 Å². The molecule has 3 heterocycles. The van der Waals surface area contributed by atoms with E-state index in [0.29, 0.717) is 18.2 Å². The standard InChI is InChI=1S/C13H16N6O3/c20-8-10-6-19(17-16-10)11-2-1-3-18(7-11)13-14-4-9(5-15-13)12(21)22/h4-6,11,20H,1-3,7-8H2,(H,21,22). The van der Waals surface area contributed by atoms with Crippen LogP contribution in [0.5, 0.6) is 0 Å². The van der Waals surface area contributed by atoms with Crippen molar-refractivity contribution in [2.45, 2.75) is 25.5 Å². The number of piperidine rings is 1. The SMILES string of the molecule is O=C(O)c1cnc(N2CCCC(n3cc(CO)nn3)C2)nc1. The van der Waals surface area contributed by atoms with Gasteiger partial charge < -0.3 is 15.1 Å². The minimum Gasteiger partial charge on any atom is -0.478 e. The zero-order chi connectivity index (χ0) is 15.5. The topological polar surface area (TPSA) is 117 Å². The number of aromatic carboxylic acids is 1. The van der Waals surface area contributed by atoms with E-state index in [1.165, 1.54) is 12.4 Å². The zero-order valence-electron chi connectivity index (χ0n) is 11.8. The Morgan fingerprint density at radius 1 is 1.36 bits per heavy atom. The number of carbonyl (C=O) groups is 1. The molecule has 2 aromatic rings. The van der Waals surface area contributed by atoms with Crippen molar-refractivity contribution in [3.8, 4) is 0 Å². The molecule has 9 heteroatoms. The number of aliphatic hydroxyl groups is 1. The first-order valence-electron chi connectivity index (χ1n) is 6.99. The van der Waals surface area contributed by atoms with Crippen LogP contribution >= 0.6 is 0 Å². The summed E-state index contributed by atoms with van der Waals surface area (Å²) in [5.74, 6) is -0.528. The van der Waals surface area contributed by atoms with Gasteiger partial charge in [0.1, 0.15) is 5.69 Å². The molecule has 1 aliphatic rings. The predicted octanol–water partition coefficient (Wildman–Crippen LogP) is 0.100. The number of carboxylic acids is 1. The van der Waals surface area contributed by atoms with E-state index in [1.807, 2.05) is 4.90 Å². The van der Waals surface area contributed by atoms with Gasteiger partial charge in [-0.15, -0.1) is 5.10 Å². The Morgan fingerprint density at radius 2 is 2.14 bits per heavy atom. The molecule has 0 aliphatic carbocycles. The fraction of sp³-hybridized carbons (Fsp3) is 0.462. The molecule has 22 heavy (non-hydrogen) atoms. The molecular weight excluding hydrogens is 288 g/mol. The van der Waals surface area contributed by atoms with Crippen molar-refractivity contribution >= 4 is 11.9 Å². The summed E-state index contributed by atoms with van der Waals surface area (Å²) >= 11 is 0. The Kier molecular flexibility index (Phi) is 3.96. The highest BCUT2D eigenvalue weighted by molar-refractivity contribution is 5.86. The normalized spacial score (nSPS) is 18.4. The number of nitrogens with zero attached hydrogens (tertiary/aromatic N) is 6. The molecule has 1 atom stereocenters. The zero-order valence-corrected chi connectivity index (χ0v) is 11.8. The highest BCUT2D eigenvalue weighted by Gasteiger charge is 2.24. The van der Waals surface area contributed by atoms with Crippen LogP contribution in [0.2, 0.25) is 0 Å². The maximum absolute atomic E-state index is 10.8. The van der Waals surface area contributed by atoms with Crippen molar-refractivity contribution < 1.29 is 15.0 Å². The maximum atomic E-state index is 10.8. The van der Waals surface area contributed by atoms with Crippen LogP contribution in [0, 0.1) is 0 Å². The van der Waals surface area contributed by atoms with E-state index in [2.05, 4.69) is 20.3 Å². The molecule has 0 radical (unpaired) electrons. The van der Waals surface area contributed by atoms with Crippen LogP contribution in [0.15, 0.2) is 18.6 Å². The van der Waals surface area contributed by atoms with Gasteiger partial charge in [-0.25, -0.2) is 19.4 Å². The molecule has 1 aliphatic heterocycles. The summed E-state index contributed by atoms with van der Waals surface area (Å²) in [5.41, 5.74) is 0.611. The number of aromatic nitrogens is 5. The maximum Gasteiger partial charge on any atom is 0.338 e. The predicted molar refractivity (Wildman–Crippen MR) is 75.4 cm³/mol. The lowest BCUT2D eigenvalue weighted by molar-refractivity contribution is 0.0696. The van der Waals surface area contributed by atoms with Crippen molar-refractivity contribution in [2.24, 2.45) is 0 Å². The lowest BCUT2D eigenvalue weighted by Crippen LogP contribution is -2.37. The fourth-order valence-electron chi connectivity index (χ4n) is 2.51. The number of hydrogen-bond acceptors (Lipinski definition) is 7. The van der Waals surface area contributed by atoms with E-state index < -0.39 is 5.97 Å². The smallest absolute Gasteiger partial charge is 0.338 e. The van der Waals surface area contributed by atoms with E-state index in [9.17, 15) is 4.79 Å². The Balaban J connectivity index is 1.73. The fourth-order valence-corrected chi connectivity index (χ4v) is 2.51. The minimum atomic E-state index is -1.04. The molecule has 2 N–H and O–H groups in total. The Morgan fingerprint density at radius 3 is 2.77 bits per heavy atom. The van der Waals surface area contributed by atoms with Crippen molar-refractivity contribution in [3.05, 3.63) is 29.8 Å². The average molecular weight is 304 g/mol. The van der Waals surface area contributed by atoms with Crippen LogP contribution in [0.25, 0.3) is 0 Å². The van der Waals surface area contributed by atoms with Gasteiger partial charge in [0.15, 0.2) is 0 Å². The molecular formula is C13H16N6O3. The minimum absolute atomic E-state index is 0.0705. The molecule has 116 valence electrons. The van der Waals surface area contributed by atoms with Gasteiger partial charge in [-0.05, 0) is 12.8 Å². The molecule has 2 aromatic heterocycles. The summed E-state index contributed by atoms with van der Waals surface area (Å²) in [5, 5.41) is 25.8. The van der Waals surface area contributed by atoms with Gasteiger partial charge in [-0.3, -0.25) is 0 Å². The summed E-state index contributed by atoms with van der Waals surface area (Å²) in [6.07, 6.45) is 6.27. The van der Waals surface area contributed by atoms with Crippen LogP contribution in [-0.4, -0.2) is 54.2 Å².